The van der Waals surface area contributed by atoms with Crippen molar-refractivity contribution in [1.29, 1.82) is 0 Å². The van der Waals surface area contributed by atoms with Crippen molar-refractivity contribution in [2.75, 3.05) is 38.6 Å². The summed E-state index contributed by atoms with van der Waals surface area (Å²) >= 11 is 0. The van der Waals surface area contributed by atoms with Crippen LogP contribution in [0.1, 0.15) is 152 Å². The third kappa shape index (κ3) is 34.9. The van der Waals surface area contributed by atoms with Crippen molar-refractivity contribution in [3.8, 4) is 5.75 Å². The number of ketones is 1. The van der Waals surface area contributed by atoms with Gasteiger partial charge in [-0.15, -0.1) is 0 Å². The topological polar surface area (TPSA) is 734 Å². The number of phenols is 1. The summed E-state index contributed by atoms with van der Waals surface area (Å²) in [5, 5.41) is 92.3. The fourth-order valence-corrected chi connectivity index (χ4v) is 13.1. The van der Waals surface area contributed by atoms with Crippen molar-refractivity contribution in [3.63, 3.8) is 0 Å². The van der Waals surface area contributed by atoms with Gasteiger partial charge in [0.05, 0.1) is 51.4 Å². The predicted octanol–water partition coefficient (Wildman–Crippen LogP) is -5.28. The predicted molar refractivity (Wildman–Crippen MR) is 443 cm³/mol. The van der Waals surface area contributed by atoms with Crippen LogP contribution in [0.15, 0.2) is 79.0 Å². The van der Waals surface area contributed by atoms with Gasteiger partial charge in [0.15, 0.2) is 5.78 Å². The number of aliphatic carboxylic acids is 3. The largest absolute Gasteiger partial charge is 0.508 e. The lowest BCUT2D eigenvalue weighted by atomic mass is 9.96. The van der Waals surface area contributed by atoms with Gasteiger partial charge in [-0.1, -0.05) is 94.8 Å². The molecule has 0 saturated carbocycles. The Hall–Kier alpha value is -13.7. The zero-order valence-electron chi connectivity index (χ0n) is 69.8. The first-order valence-corrected chi connectivity index (χ1v) is 40.7. The molecular weight excluding hydrogens is 1660 g/mol. The molecule has 0 radical (unpaired) electrons. The number of fused-ring (bicyclic) bond motifs is 1. The molecule has 1 aromatic heterocycles. The number of cyclic esters (lactones) is 1. The van der Waals surface area contributed by atoms with Crippen LogP contribution in [-0.4, -0.2) is 265 Å². The first-order chi connectivity index (χ1) is 59.7. The molecule has 27 N–H and O–H groups in total. The van der Waals surface area contributed by atoms with Crippen LogP contribution in [-0.2, 0) is 109 Å². The van der Waals surface area contributed by atoms with E-state index in [1.54, 1.807) is 30.5 Å². The number of nitrogens with one attached hydrogen (secondary N) is 15. The van der Waals surface area contributed by atoms with Crippen molar-refractivity contribution < 1.29 is 131 Å². The SMILES string of the molecule is CCCCCCCCCC(=O)N[C@@H](Cc1c[nH]c2ccccc12)C(=O)N[C@@H](CC(N)=O)C(=O)N[C@@H](CCO)C(=O)N[C@@H]1C(=O)NCC(=O)N[C@@H](CCCNC(=O)C(N)Cc2ccc(O)cc2)C(=O)N[C@@H](CC(=O)O)C(=O)N[C@H](C)C(=O)N[C@@H](CC(=O)O)C(=O)NCC(=O)N[C@H](CO)C(=O)N[C@@H]([C@H](C)CC(=O)O)C(=O)N[C@@H](CC(=O)c2ccccc2N)C(=O)O[C@@H]1C. The second kappa shape index (κ2) is 52.0. The number of carboxylic acid groups (broad SMARTS) is 3. The summed E-state index contributed by atoms with van der Waals surface area (Å²) in [6.07, 6.45) is -1.91. The molecule has 14 atom stereocenters. The van der Waals surface area contributed by atoms with Crippen LogP contribution in [0, 0.1) is 5.92 Å². The molecule has 0 spiro atoms. The summed E-state index contributed by atoms with van der Waals surface area (Å²) in [7, 11) is 0. The minimum absolute atomic E-state index is 0.00214. The molecule has 0 aliphatic carbocycles. The van der Waals surface area contributed by atoms with Gasteiger partial charge in [-0.05, 0) is 93.3 Å². The number of hydrogen-bond donors (Lipinski definition) is 24. The number of phenolic OH excluding ortho intramolecular Hbond substituents is 1. The minimum atomic E-state index is -2.39. The molecule has 45 heteroatoms. The summed E-state index contributed by atoms with van der Waals surface area (Å²) in [5.41, 5.74) is 19.2. The second-order valence-electron chi connectivity index (χ2n) is 30.1. The van der Waals surface area contributed by atoms with Crippen molar-refractivity contribution >= 4 is 135 Å². The van der Waals surface area contributed by atoms with Crippen molar-refractivity contribution in [3.05, 3.63) is 95.7 Å². The van der Waals surface area contributed by atoms with E-state index in [9.17, 15) is 127 Å². The number of H-pyrrole nitrogens is 1. The number of aromatic amines is 1. The molecule has 1 aliphatic rings. The Morgan fingerprint density at radius 3 is 1.75 bits per heavy atom. The van der Waals surface area contributed by atoms with E-state index in [2.05, 4.69) is 70.4 Å². The molecule has 1 unspecified atom stereocenters. The van der Waals surface area contributed by atoms with Crippen LogP contribution in [0.4, 0.5) is 5.69 Å². The number of rotatable bonds is 39. The van der Waals surface area contributed by atoms with Crippen LogP contribution in [0.2, 0.25) is 0 Å². The minimum Gasteiger partial charge on any atom is -0.508 e. The van der Waals surface area contributed by atoms with Gasteiger partial charge >= 0.3 is 23.9 Å². The number of ether oxygens (including phenoxy) is 1. The normalized spacial score (nSPS) is 20.6. The summed E-state index contributed by atoms with van der Waals surface area (Å²) in [4.78, 5) is 280. The number of carboxylic acids is 3. The number of unbranched alkanes of at least 4 members (excludes halogenated alkanes) is 6. The summed E-state index contributed by atoms with van der Waals surface area (Å²) in [6.45, 7) is 0.00135. The zero-order valence-corrected chi connectivity index (χ0v) is 69.8. The van der Waals surface area contributed by atoms with Gasteiger partial charge in [0.1, 0.15) is 78.3 Å². The molecule has 0 bridgehead atoms. The first-order valence-electron chi connectivity index (χ1n) is 40.7. The monoisotopic (exact) mass is 1770 g/mol. The second-order valence-corrected chi connectivity index (χ2v) is 30.1. The third-order valence-corrected chi connectivity index (χ3v) is 19.9. The number of aliphatic hydroxyl groups is 2. The Bertz CT molecular complexity index is 4540. The third-order valence-electron chi connectivity index (χ3n) is 19.9. The highest BCUT2D eigenvalue weighted by atomic mass is 16.5. The molecule has 688 valence electrons. The summed E-state index contributed by atoms with van der Waals surface area (Å²) in [5.74, 6) is -28.4. The van der Waals surface area contributed by atoms with Crippen molar-refractivity contribution in [2.45, 2.75) is 222 Å². The average Bonchev–Trinajstić information content (AvgIpc) is 1.65. The number of esters is 1. The van der Waals surface area contributed by atoms with Crippen LogP contribution in [0.3, 0.4) is 0 Å². The lowest BCUT2D eigenvalue weighted by molar-refractivity contribution is -0.156. The number of aromatic nitrogens is 1. The smallest absolute Gasteiger partial charge is 0.329 e. The number of para-hydroxylation sites is 2. The maximum absolute atomic E-state index is 15.0. The Labute approximate surface area is 722 Å². The van der Waals surface area contributed by atoms with E-state index in [0.29, 0.717) is 34.9 Å². The summed E-state index contributed by atoms with van der Waals surface area (Å²) < 4.78 is 5.77. The number of aliphatic hydroxyl groups excluding tert-OH is 2. The number of Topliss-reactive ketones (excluding diaryl/α,β-unsaturated/α-hetero) is 1. The molecule has 1 fully saturated rings. The van der Waals surface area contributed by atoms with Gasteiger partial charge in [0, 0.05) is 60.8 Å². The highest BCUT2D eigenvalue weighted by Gasteiger charge is 2.41. The van der Waals surface area contributed by atoms with E-state index in [-0.39, 0.29) is 49.2 Å². The Morgan fingerprint density at radius 1 is 0.556 bits per heavy atom. The molecule has 3 aromatic carbocycles. The zero-order chi connectivity index (χ0) is 93.4. The highest BCUT2D eigenvalue weighted by Crippen LogP contribution is 2.22. The van der Waals surface area contributed by atoms with Gasteiger partial charge in [0.25, 0.3) is 0 Å². The molecule has 4 aromatic rings. The number of hydrogen-bond acceptors (Lipinski definition) is 26. The molecule has 15 amide bonds. The number of nitrogens with two attached hydrogens (primary N) is 3. The van der Waals surface area contributed by atoms with E-state index in [1.165, 1.54) is 48.5 Å². The standard InChI is InChI=1S/C81H112N18O27/c1-5-6-7-8-9-10-11-22-62(105)91-54(32-45-37-86-51-20-15-13-17-47(45)51)76(120)95-55(34-61(84)104)77(121)93-53(27-29-100)74(118)99-69-43(4)126-81(125)58(33-60(103)48-18-12-14-19-49(48)82)97-80(124)68(41(2)30-65(108)109)98-78(122)59(40-101)92-64(107)38-87-72(116)56(35-66(110)111)94-70(114)42(3)89-75(119)57(36-67(112)113)96-73(117)52(90-63(106)39-88-79(69)123)21-16-28-85-71(115)50(83)31-44-23-25-46(102)26-24-44/h12-15,17-20,23-26,37,41-43,50,52-59,68-69,86,100-102H,5-11,16,21-22,27-36,38-40,82-83H2,1-4H3,(H2,84,104)(H,85,115)(H,87,116)(H,88,123)(H,89,119)(H,90,106)(H,91,105)(H,92,107)(H,93,121)(H,94,114)(H,95,120)(H,96,117)(H,97,124)(H,98,122)(H,99,118)(H,108,109)(H,110,111)(H,112,113)/t41-,42-,43-,50?,52+,53+,54+,55+,56+,57+,58+,59-,68+,69+/m1/s1. The maximum Gasteiger partial charge on any atom is 0.329 e. The Morgan fingerprint density at radius 2 is 1.13 bits per heavy atom. The number of amides is 15. The number of carbonyl (C=O) groups is 20. The number of carbonyl (C=O) groups excluding carboxylic acids is 17. The molecule has 1 aliphatic heterocycles. The number of nitrogen functional groups attached to an aromatic ring is 1. The molecule has 45 nitrogen and oxygen atoms in total. The van der Waals surface area contributed by atoms with Gasteiger partial charge in [0.2, 0.25) is 88.6 Å². The molecule has 126 heavy (non-hydrogen) atoms. The van der Waals surface area contributed by atoms with Gasteiger partial charge in [-0.3, -0.25) is 91.1 Å². The highest BCUT2D eigenvalue weighted by molar-refractivity contribution is 6.05. The van der Waals surface area contributed by atoms with Gasteiger partial charge < -0.3 is 132 Å². The fraction of sp³-hybridized carbons (Fsp3) is 0.506. The average molecular weight is 1770 g/mol. The molecule has 5 rings (SSSR count). The van der Waals surface area contributed by atoms with Crippen molar-refractivity contribution in [1.82, 2.24) is 79.4 Å². The fourth-order valence-electron chi connectivity index (χ4n) is 13.1. The Kier molecular flexibility index (Phi) is 42.5. The number of benzene rings is 3. The maximum atomic E-state index is 15.0. The Balaban J connectivity index is 1.62. The molecule has 1 saturated heterocycles. The van der Waals surface area contributed by atoms with E-state index in [4.69, 9.17) is 21.9 Å². The van der Waals surface area contributed by atoms with E-state index >= 15 is 0 Å². The lowest BCUT2D eigenvalue weighted by Gasteiger charge is -2.30. The molecule has 2 heterocycles. The van der Waals surface area contributed by atoms with Gasteiger partial charge in [-0.2, -0.15) is 0 Å². The van der Waals surface area contributed by atoms with E-state index in [1.807, 2.05) is 16.0 Å². The van der Waals surface area contributed by atoms with E-state index < -0.39 is 274 Å². The molecular formula is C81H112N18O27. The lowest BCUT2D eigenvalue weighted by Crippen LogP contribution is -2.61. The van der Waals surface area contributed by atoms with Crippen LogP contribution in [0.5, 0.6) is 5.75 Å². The van der Waals surface area contributed by atoms with Crippen LogP contribution in [0.25, 0.3) is 10.9 Å². The number of primary amides is 1. The van der Waals surface area contributed by atoms with Crippen LogP contribution >= 0.6 is 0 Å². The van der Waals surface area contributed by atoms with Crippen LogP contribution < -0.4 is 91.6 Å². The first kappa shape index (κ1) is 103. The number of aromatic hydroxyl groups is 1. The summed E-state index contributed by atoms with van der Waals surface area (Å²) in [6, 6.07) is -5.71. The van der Waals surface area contributed by atoms with E-state index in [0.717, 1.165) is 52.9 Å². The van der Waals surface area contributed by atoms with Crippen molar-refractivity contribution in [2.24, 2.45) is 17.4 Å². The number of anilines is 1. The van der Waals surface area contributed by atoms with Gasteiger partial charge in [-0.25, -0.2) is 4.79 Å². The quantitative estimate of drug-likeness (QED) is 0.00859.